The third kappa shape index (κ3) is 3.57. The van der Waals surface area contributed by atoms with Gasteiger partial charge in [-0.15, -0.1) is 0 Å². The van der Waals surface area contributed by atoms with Crippen molar-refractivity contribution in [3.05, 3.63) is 0 Å². The van der Waals surface area contributed by atoms with Crippen LogP contribution in [0.5, 0.6) is 0 Å². The Morgan fingerprint density at radius 1 is 1.50 bits per heavy atom. The van der Waals surface area contributed by atoms with Gasteiger partial charge in [-0.25, -0.2) is 0 Å². The number of nitrogens with zero attached hydrogens (tertiary/aromatic N) is 1. The van der Waals surface area contributed by atoms with E-state index in [0.717, 1.165) is 0 Å². The van der Waals surface area contributed by atoms with E-state index < -0.39 is 6.09 Å². The van der Waals surface area contributed by atoms with Crippen molar-refractivity contribution in [3.63, 3.8) is 0 Å². The van der Waals surface area contributed by atoms with Gasteiger partial charge in [-0.3, -0.25) is 0 Å². The zero-order chi connectivity index (χ0) is 9.78. The summed E-state index contributed by atoms with van der Waals surface area (Å²) in [6, 6.07) is 0. The van der Waals surface area contributed by atoms with Gasteiger partial charge in [0.15, 0.2) is 0 Å². The average Bonchev–Trinajstić information content (AvgIpc) is 1.84. The molecule has 0 aliphatic heterocycles. The first-order valence-corrected chi connectivity index (χ1v) is 4.03. The maximum Gasteiger partial charge on any atom is 0.137 e. The number of amides is 1. The maximum absolute atomic E-state index is 10.6. The van der Waals surface area contributed by atoms with E-state index in [9.17, 15) is 9.90 Å². The van der Waals surface area contributed by atoms with E-state index in [2.05, 4.69) is 5.32 Å². The van der Waals surface area contributed by atoms with Crippen LogP contribution in [0.1, 0.15) is 20.8 Å². The fourth-order valence-electron chi connectivity index (χ4n) is 0.924. The van der Waals surface area contributed by atoms with Crippen LogP contribution in [0.2, 0.25) is 0 Å². The van der Waals surface area contributed by atoms with E-state index in [-0.39, 0.29) is 5.54 Å². The molecule has 0 fully saturated rings. The fraction of sp³-hybridized carbons (Fsp3) is 0.875. The van der Waals surface area contributed by atoms with Crippen molar-refractivity contribution in [2.45, 2.75) is 26.3 Å². The molecule has 12 heavy (non-hydrogen) atoms. The number of carbonyl (C=O) groups is 1. The molecule has 0 saturated heterocycles. The van der Waals surface area contributed by atoms with Crippen molar-refractivity contribution in [1.82, 2.24) is 10.2 Å². The minimum Gasteiger partial charge on any atom is -0.530 e. The van der Waals surface area contributed by atoms with E-state index in [1.165, 1.54) is 4.90 Å². The average molecular weight is 173 g/mol. The van der Waals surface area contributed by atoms with Crippen molar-refractivity contribution in [2.24, 2.45) is 0 Å². The lowest BCUT2D eigenvalue weighted by Crippen LogP contribution is -2.53. The summed E-state index contributed by atoms with van der Waals surface area (Å²) >= 11 is 0. The summed E-state index contributed by atoms with van der Waals surface area (Å²) < 4.78 is 0. The molecule has 0 unspecified atom stereocenters. The Bertz CT molecular complexity index is 152. The fourth-order valence-corrected chi connectivity index (χ4v) is 0.924. The Hall–Kier alpha value is -0.770. The van der Waals surface area contributed by atoms with Gasteiger partial charge in [-0.2, -0.15) is 0 Å². The van der Waals surface area contributed by atoms with Crippen molar-refractivity contribution < 1.29 is 9.90 Å². The summed E-state index contributed by atoms with van der Waals surface area (Å²) in [6.07, 6.45) is -1.11. The highest BCUT2D eigenvalue weighted by Crippen LogP contribution is 2.11. The highest BCUT2D eigenvalue weighted by atomic mass is 16.4. The first-order valence-electron chi connectivity index (χ1n) is 4.03. The second kappa shape index (κ2) is 4.30. The lowest BCUT2D eigenvalue weighted by molar-refractivity contribution is -0.270. The van der Waals surface area contributed by atoms with Crippen LogP contribution in [0.15, 0.2) is 0 Å². The van der Waals surface area contributed by atoms with Crippen molar-refractivity contribution in [1.29, 1.82) is 0 Å². The first kappa shape index (κ1) is 11.2. The van der Waals surface area contributed by atoms with Crippen LogP contribution in [-0.4, -0.2) is 36.7 Å². The Morgan fingerprint density at radius 2 is 2.00 bits per heavy atom. The second-order valence-electron chi connectivity index (χ2n) is 3.69. The van der Waals surface area contributed by atoms with Crippen molar-refractivity contribution >= 4 is 6.09 Å². The molecule has 0 aromatic carbocycles. The highest BCUT2D eigenvalue weighted by Gasteiger charge is 2.19. The first-order chi connectivity index (χ1) is 5.39. The predicted octanol–water partition coefficient (Wildman–Crippen LogP) is -0.350. The monoisotopic (exact) mass is 173 g/mol. The smallest absolute Gasteiger partial charge is 0.137 e. The van der Waals surface area contributed by atoms with Crippen molar-refractivity contribution in [2.75, 3.05) is 20.1 Å². The molecule has 4 heteroatoms. The SMILES string of the molecule is CNCCN(C(=O)[O-])C(C)(C)C. The molecule has 0 aliphatic carbocycles. The van der Waals surface area contributed by atoms with E-state index in [1.54, 1.807) is 7.05 Å². The third-order valence-corrected chi connectivity index (χ3v) is 1.62. The number of carbonyl (C=O) groups excluding carboxylic acids is 1. The molecule has 0 aromatic rings. The van der Waals surface area contributed by atoms with Gasteiger partial charge in [-0.05, 0) is 27.8 Å². The van der Waals surface area contributed by atoms with Gasteiger partial charge in [0.2, 0.25) is 0 Å². The molecule has 0 radical (unpaired) electrons. The summed E-state index contributed by atoms with van der Waals surface area (Å²) in [5.74, 6) is 0. The Kier molecular flexibility index (Phi) is 4.03. The molecule has 0 aromatic heterocycles. The molecular weight excluding hydrogens is 156 g/mol. The topological polar surface area (TPSA) is 55.4 Å². The number of hydrogen-bond acceptors (Lipinski definition) is 3. The molecule has 0 saturated carbocycles. The van der Waals surface area contributed by atoms with Gasteiger partial charge in [0, 0.05) is 18.6 Å². The van der Waals surface area contributed by atoms with E-state index >= 15 is 0 Å². The maximum atomic E-state index is 10.6. The molecule has 1 N–H and O–H groups in total. The summed E-state index contributed by atoms with van der Waals surface area (Å²) in [6.45, 7) is 6.64. The summed E-state index contributed by atoms with van der Waals surface area (Å²) in [7, 11) is 1.79. The lowest BCUT2D eigenvalue weighted by atomic mass is 10.1. The molecule has 0 aliphatic rings. The molecule has 0 heterocycles. The van der Waals surface area contributed by atoms with Crippen LogP contribution in [0.4, 0.5) is 4.79 Å². The second-order valence-corrected chi connectivity index (χ2v) is 3.69. The van der Waals surface area contributed by atoms with Gasteiger partial charge in [0.05, 0.1) is 0 Å². The van der Waals surface area contributed by atoms with Gasteiger partial charge < -0.3 is 20.1 Å². The standard InChI is InChI=1S/C8H18N2O2/c1-8(2,3)10(7(11)12)6-5-9-4/h9H,5-6H2,1-4H3,(H,11,12)/p-1. The van der Waals surface area contributed by atoms with Crippen molar-refractivity contribution in [3.8, 4) is 0 Å². The van der Waals surface area contributed by atoms with E-state index in [4.69, 9.17) is 0 Å². The van der Waals surface area contributed by atoms with Gasteiger partial charge >= 0.3 is 0 Å². The molecular formula is C8H17N2O2-. The zero-order valence-electron chi connectivity index (χ0n) is 8.18. The molecule has 72 valence electrons. The van der Waals surface area contributed by atoms with E-state index in [1.807, 2.05) is 20.8 Å². The molecule has 4 nitrogen and oxygen atoms in total. The number of nitrogens with one attached hydrogen (secondary N) is 1. The van der Waals surface area contributed by atoms with Gasteiger partial charge in [0.25, 0.3) is 0 Å². The van der Waals surface area contributed by atoms with E-state index in [0.29, 0.717) is 13.1 Å². The quantitative estimate of drug-likeness (QED) is 0.634. The zero-order valence-corrected chi connectivity index (χ0v) is 8.18. The van der Waals surface area contributed by atoms with Crippen LogP contribution in [0, 0.1) is 0 Å². The largest absolute Gasteiger partial charge is 0.530 e. The number of rotatable bonds is 3. The molecule has 0 bridgehead atoms. The molecule has 0 atom stereocenters. The normalized spacial score (nSPS) is 11.3. The molecule has 1 amide bonds. The van der Waals surface area contributed by atoms with Crippen LogP contribution in [0.3, 0.4) is 0 Å². The van der Waals surface area contributed by atoms with Crippen LogP contribution in [-0.2, 0) is 0 Å². The summed E-state index contributed by atoms with van der Waals surface area (Å²) in [5.41, 5.74) is -0.379. The molecule has 0 rings (SSSR count). The molecule has 0 spiro atoms. The van der Waals surface area contributed by atoms with Crippen LogP contribution < -0.4 is 10.4 Å². The Morgan fingerprint density at radius 3 is 2.25 bits per heavy atom. The van der Waals surface area contributed by atoms with Gasteiger partial charge in [0.1, 0.15) is 6.09 Å². The third-order valence-electron chi connectivity index (χ3n) is 1.62. The highest BCUT2D eigenvalue weighted by molar-refractivity contribution is 5.63. The predicted molar refractivity (Wildman–Crippen MR) is 45.8 cm³/mol. The minimum atomic E-state index is -1.11. The Labute approximate surface area is 73.6 Å². The number of hydrogen-bond donors (Lipinski definition) is 1. The van der Waals surface area contributed by atoms with Crippen LogP contribution in [0.25, 0.3) is 0 Å². The minimum absolute atomic E-state index is 0.379. The number of likely N-dealkylation sites (N-methyl/N-ethyl adjacent to an activating group) is 1. The number of carboxylic acid groups (broad SMARTS) is 1. The lowest BCUT2D eigenvalue weighted by Gasteiger charge is -2.37. The van der Waals surface area contributed by atoms with Crippen LogP contribution >= 0.6 is 0 Å². The summed E-state index contributed by atoms with van der Waals surface area (Å²) in [5, 5.41) is 13.5. The Balaban J connectivity index is 4.15. The summed E-state index contributed by atoms with van der Waals surface area (Å²) in [4.78, 5) is 11.9. The van der Waals surface area contributed by atoms with Gasteiger partial charge in [-0.1, -0.05) is 0 Å².